The fourth-order valence-corrected chi connectivity index (χ4v) is 1.48. The lowest BCUT2D eigenvalue weighted by atomic mass is 10.1. The van der Waals surface area contributed by atoms with Gasteiger partial charge in [-0.1, -0.05) is 12.1 Å². The summed E-state index contributed by atoms with van der Waals surface area (Å²) in [4.78, 5) is 0. The molecule has 5 heteroatoms. The monoisotopic (exact) mass is 259 g/mol. The zero-order valence-corrected chi connectivity index (χ0v) is 10.8. The van der Waals surface area contributed by atoms with Gasteiger partial charge in [0.2, 0.25) is 0 Å². The molecule has 1 aromatic rings. The highest BCUT2D eigenvalue weighted by molar-refractivity contribution is 5.28. The fraction of sp³-hybridized carbons (Fsp3) is 0.538. The molecule has 2 atom stereocenters. The second-order valence-electron chi connectivity index (χ2n) is 4.12. The first-order valence-corrected chi connectivity index (χ1v) is 5.84. The van der Waals surface area contributed by atoms with E-state index in [0.29, 0.717) is 0 Å². The summed E-state index contributed by atoms with van der Waals surface area (Å²) in [6, 6.07) is 6.75. The van der Waals surface area contributed by atoms with Crippen molar-refractivity contribution in [3.05, 3.63) is 29.8 Å². The van der Waals surface area contributed by atoms with E-state index in [1.807, 2.05) is 13.8 Å². The third kappa shape index (κ3) is 4.98. The van der Waals surface area contributed by atoms with Crippen LogP contribution in [-0.4, -0.2) is 26.4 Å². The Balaban J connectivity index is 2.50. The molecule has 0 aliphatic rings. The van der Waals surface area contributed by atoms with Crippen molar-refractivity contribution >= 4 is 0 Å². The molecular formula is C13H19F2NO2. The van der Waals surface area contributed by atoms with Gasteiger partial charge in [0.25, 0.3) is 0 Å². The normalized spacial score (nSPS) is 14.6. The summed E-state index contributed by atoms with van der Waals surface area (Å²) in [6.07, 6.45) is 0.133. The van der Waals surface area contributed by atoms with Crippen molar-refractivity contribution in [1.29, 1.82) is 0 Å². The van der Waals surface area contributed by atoms with Crippen LogP contribution in [-0.2, 0) is 4.74 Å². The Kier molecular flexibility index (Phi) is 6.01. The maximum Gasteiger partial charge on any atom is 0.387 e. The van der Waals surface area contributed by atoms with Gasteiger partial charge in [-0.2, -0.15) is 8.78 Å². The van der Waals surface area contributed by atoms with E-state index in [2.05, 4.69) is 10.1 Å². The lowest BCUT2D eigenvalue weighted by Crippen LogP contribution is -2.28. The van der Waals surface area contributed by atoms with E-state index in [-0.39, 0.29) is 17.9 Å². The molecule has 0 aliphatic carbocycles. The highest BCUT2D eigenvalue weighted by atomic mass is 19.3. The Labute approximate surface area is 106 Å². The first-order valence-electron chi connectivity index (χ1n) is 5.84. The number of ether oxygens (including phenoxy) is 2. The van der Waals surface area contributed by atoms with Gasteiger partial charge in [0.05, 0.1) is 6.10 Å². The predicted molar refractivity (Wildman–Crippen MR) is 66.0 cm³/mol. The number of benzene rings is 1. The largest absolute Gasteiger partial charge is 0.435 e. The molecule has 1 N–H and O–H groups in total. The van der Waals surface area contributed by atoms with Crippen LogP contribution in [0.25, 0.3) is 0 Å². The van der Waals surface area contributed by atoms with Crippen molar-refractivity contribution in [3.63, 3.8) is 0 Å². The van der Waals surface area contributed by atoms with Crippen LogP contribution in [0.3, 0.4) is 0 Å². The number of nitrogens with one attached hydrogen (secondary N) is 1. The molecule has 0 bridgehead atoms. The molecule has 0 spiro atoms. The molecule has 0 saturated carbocycles. The standard InChI is InChI=1S/C13H19F2NO2/c1-9(17-3)8-16-10(2)11-4-6-12(7-5-11)18-13(14)15/h4-7,9-10,13,16H,8H2,1-3H3. The van der Waals surface area contributed by atoms with Crippen LogP contribution >= 0.6 is 0 Å². The summed E-state index contributed by atoms with van der Waals surface area (Å²) in [5, 5.41) is 3.30. The van der Waals surface area contributed by atoms with E-state index in [4.69, 9.17) is 4.74 Å². The molecule has 1 aromatic carbocycles. The minimum atomic E-state index is -2.78. The molecule has 0 aromatic heterocycles. The highest BCUT2D eigenvalue weighted by Crippen LogP contribution is 2.19. The Bertz CT molecular complexity index is 343. The van der Waals surface area contributed by atoms with Gasteiger partial charge < -0.3 is 14.8 Å². The summed E-state index contributed by atoms with van der Waals surface area (Å²) in [7, 11) is 1.66. The molecule has 0 aliphatic heterocycles. The summed E-state index contributed by atoms with van der Waals surface area (Å²) in [5.41, 5.74) is 1.01. The average Bonchev–Trinajstić information content (AvgIpc) is 2.35. The number of halogens is 2. The lowest BCUT2D eigenvalue weighted by Gasteiger charge is -2.17. The van der Waals surface area contributed by atoms with Gasteiger partial charge in [-0.15, -0.1) is 0 Å². The molecule has 3 nitrogen and oxygen atoms in total. The maximum absolute atomic E-state index is 12.0. The maximum atomic E-state index is 12.0. The van der Waals surface area contributed by atoms with Gasteiger partial charge >= 0.3 is 6.61 Å². The Morgan fingerprint density at radius 1 is 1.17 bits per heavy atom. The molecule has 0 radical (unpaired) electrons. The van der Waals surface area contributed by atoms with Crippen molar-refractivity contribution < 1.29 is 18.3 Å². The highest BCUT2D eigenvalue weighted by Gasteiger charge is 2.08. The van der Waals surface area contributed by atoms with E-state index in [0.717, 1.165) is 12.1 Å². The van der Waals surface area contributed by atoms with E-state index < -0.39 is 6.61 Å². The topological polar surface area (TPSA) is 30.5 Å². The van der Waals surface area contributed by atoms with Crippen molar-refractivity contribution in [2.24, 2.45) is 0 Å². The van der Waals surface area contributed by atoms with Gasteiger partial charge in [0.15, 0.2) is 0 Å². The molecule has 0 saturated heterocycles. The number of hydrogen-bond acceptors (Lipinski definition) is 3. The van der Waals surface area contributed by atoms with Crippen molar-refractivity contribution in [3.8, 4) is 5.75 Å². The van der Waals surface area contributed by atoms with Crippen LogP contribution in [0.2, 0.25) is 0 Å². The van der Waals surface area contributed by atoms with E-state index in [1.54, 1.807) is 31.4 Å². The second kappa shape index (κ2) is 7.28. The molecule has 0 fully saturated rings. The number of methoxy groups -OCH3 is 1. The molecular weight excluding hydrogens is 240 g/mol. The van der Waals surface area contributed by atoms with Crippen molar-refractivity contribution in [2.75, 3.05) is 13.7 Å². The quantitative estimate of drug-likeness (QED) is 0.816. The van der Waals surface area contributed by atoms with Crippen LogP contribution < -0.4 is 10.1 Å². The molecule has 18 heavy (non-hydrogen) atoms. The van der Waals surface area contributed by atoms with Crippen LogP contribution in [0.4, 0.5) is 8.78 Å². The Morgan fingerprint density at radius 2 is 1.78 bits per heavy atom. The summed E-state index contributed by atoms with van der Waals surface area (Å²) in [6.45, 7) is 1.92. The zero-order valence-electron chi connectivity index (χ0n) is 10.8. The van der Waals surface area contributed by atoms with Crippen molar-refractivity contribution in [1.82, 2.24) is 5.32 Å². The van der Waals surface area contributed by atoms with Crippen molar-refractivity contribution in [2.45, 2.75) is 32.6 Å². The van der Waals surface area contributed by atoms with Gasteiger partial charge in [-0.25, -0.2) is 0 Å². The van der Waals surface area contributed by atoms with E-state index >= 15 is 0 Å². The van der Waals surface area contributed by atoms with Gasteiger partial charge in [0.1, 0.15) is 5.75 Å². The minimum Gasteiger partial charge on any atom is -0.435 e. The molecule has 1 rings (SSSR count). The average molecular weight is 259 g/mol. The smallest absolute Gasteiger partial charge is 0.387 e. The fourth-order valence-electron chi connectivity index (χ4n) is 1.48. The minimum absolute atomic E-state index is 0.128. The predicted octanol–water partition coefficient (Wildman–Crippen LogP) is 2.97. The third-order valence-electron chi connectivity index (χ3n) is 2.72. The van der Waals surface area contributed by atoms with E-state index in [9.17, 15) is 8.78 Å². The number of rotatable bonds is 7. The first-order chi connectivity index (χ1) is 8.52. The van der Waals surface area contributed by atoms with Crippen LogP contribution in [0.5, 0.6) is 5.75 Å². The third-order valence-corrected chi connectivity index (χ3v) is 2.72. The molecule has 0 heterocycles. The second-order valence-corrected chi connectivity index (χ2v) is 4.12. The number of alkyl halides is 2. The number of hydrogen-bond donors (Lipinski definition) is 1. The zero-order chi connectivity index (χ0) is 13.5. The first kappa shape index (κ1) is 14.9. The summed E-state index contributed by atoms with van der Waals surface area (Å²) >= 11 is 0. The van der Waals surface area contributed by atoms with Crippen LogP contribution in [0.15, 0.2) is 24.3 Å². The SMILES string of the molecule is COC(C)CNC(C)c1ccc(OC(F)F)cc1. The van der Waals surface area contributed by atoms with Gasteiger partial charge in [0, 0.05) is 19.7 Å². The molecule has 102 valence electrons. The van der Waals surface area contributed by atoms with E-state index in [1.165, 1.54) is 0 Å². The molecule has 0 amide bonds. The van der Waals surface area contributed by atoms with Crippen LogP contribution in [0, 0.1) is 0 Å². The summed E-state index contributed by atoms with van der Waals surface area (Å²) in [5.74, 6) is 0.172. The summed E-state index contributed by atoms with van der Waals surface area (Å²) < 4.78 is 33.4. The Morgan fingerprint density at radius 3 is 2.28 bits per heavy atom. The Hall–Kier alpha value is -1.20. The lowest BCUT2D eigenvalue weighted by molar-refractivity contribution is -0.0498. The van der Waals surface area contributed by atoms with Crippen LogP contribution in [0.1, 0.15) is 25.5 Å². The van der Waals surface area contributed by atoms with Gasteiger partial charge in [-0.05, 0) is 31.5 Å². The molecule has 2 unspecified atom stereocenters. The van der Waals surface area contributed by atoms with Gasteiger partial charge in [-0.3, -0.25) is 0 Å².